The molecule has 1 unspecified atom stereocenters. The van der Waals surface area contributed by atoms with Crippen LogP contribution < -0.4 is 0 Å². The Labute approximate surface area is 167 Å². The summed E-state index contributed by atoms with van der Waals surface area (Å²) in [7, 11) is 0. The van der Waals surface area contributed by atoms with E-state index in [2.05, 4.69) is 25.2 Å². The lowest BCUT2D eigenvalue weighted by Crippen LogP contribution is -2.34. The highest BCUT2D eigenvalue weighted by Gasteiger charge is 2.58. The number of aromatic nitrogens is 4. The lowest BCUT2D eigenvalue weighted by molar-refractivity contribution is 0.144. The molecule has 3 heterocycles. The van der Waals surface area contributed by atoms with Crippen molar-refractivity contribution in [2.45, 2.75) is 50.5 Å². The van der Waals surface area contributed by atoms with Crippen LogP contribution in [0.3, 0.4) is 0 Å². The van der Waals surface area contributed by atoms with Gasteiger partial charge in [0, 0.05) is 17.4 Å². The summed E-state index contributed by atoms with van der Waals surface area (Å²) >= 11 is 0. The zero-order valence-electron chi connectivity index (χ0n) is 16.1. The first-order chi connectivity index (χ1) is 14.2. The topological polar surface area (TPSA) is 81.1 Å². The second kappa shape index (κ2) is 6.45. The van der Waals surface area contributed by atoms with E-state index in [0.29, 0.717) is 29.2 Å². The molecule has 0 radical (unpaired) electrons. The van der Waals surface area contributed by atoms with E-state index in [1.54, 1.807) is 12.1 Å². The van der Waals surface area contributed by atoms with Crippen molar-refractivity contribution in [2.75, 3.05) is 13.1 Å². The van der Waals surface area contributed by atoms with Crippen LogP contribution in [0.4, 0.5) is 4.39 Å². The van der Waals surface area contributed by atoms with Crippen molar-refractivity contribution in [3.8, 4) is 11.5 Å². The predicted molar refractivity (Wildman–Crippen MR) is 100 cm³/mol. The van der Waals surface area contributed by atoms with Crippen molar-refractivity contribution in [3.63, 3.8) is 0 Å². The standard InChI is InChI=1S/C21H22FN5O2/c22-15-3-1-2-14(10-15)19-24-25-20(28-19)16-11-21(16)6-8-27(9-7-21)12-17-23-18(26-29-17)13-4-5-13/h1-3,10,13,16H,4-9,11-12H2. The normalized spacial score (nSPS) is 23.6. The van der Waals surface area contributed by atoms with Gasteiger partial charge < -0.3 is 8.94 Å². The van der Waals surface area contributed by atoms with Crippen LogP contribution in [0.25, 0.3) is 11.5 Å². The summed E-state index contributed by atoms with van der Waals surface area (Å²) < 4.78 is 24.8. The molecule has 1 aliphatic heterocycles. The summed E-state index contributed by atoms with van der Waals surface area (Å²) in [4.78, 5) is 6.92. The predicted octanol–water partition coefficient (Wildman–Crippen LogP) is 3.91. The van der Waals surface area contributed by atoms with Crippen molar-refractivity contribution in [3.05, 3.63) is 47.7 Å². The maximum absolute atomic E-state index is 13.4. The molecule has 7 nitrogen and oxygen atoms in total. The molecule has 1 aromatic carbocycles. The van der Waals surface area contributed by atoms with Crippen LogP contribution >= 0.6 is 0 Å². The Balaban J connectivity index is 1.08. The number of likely N-dealkylation sites (tertiary alicyclic amines) is 1. The maximum Gasteiger partial charge on any atom is 0.247 e. The average Bonchev–Trinajstić information content (AvgIpc) is 3.59. The van der Waals surface area contributed by atoms with E-state index in [4.69, 9.17) is 8.94 Å². The van der Waals surface area contributed by atoms with Gasteiger partial charge in [-0.1, -0.05) is 11.2 Å². The van der Waals surface area contributed by atoms with Crippen molar-refractivity contribution in [1.29, 1.82) is 0 Å². The third-order valence-electron chi connectivity index (χ3n) is 6.64. The summed E-state index contributed by atoms with van der Waals surface area (Å²) in [6.45, 7) is 2.73. The Hall–Kier alpha value is -2.61. The van der Waals surface area contributed by atoms with Gasteiger partial charge in [0.15, 0.2) is 5.82 Å². The van der Waals surface area contributed by atoms with E-state index < -0.39 is 0 Å². The highest BCUT2D eigenvalue weighted by atomic mass is 19.1. The molecule has 3 aromatic rings. The molecule has 8 heteroatoms. The fourth-order valence-corrected chi connectivity index (χ4v) is 4.55. The van der Waals surface area contributed by atoms with Gasteiger partial charge in [0.1, 0.15) is 5.82 Å². The van der Waals surface area contributed by atoms with Crippen LogP contribution in [0.15, 0.2) is 33.2 Å². The number of halogens is 1. The first-order valence-corrected chi connectivity index (χ1v) is 10.3. The third-order valence-corrected chi connectivity index (χ3v) is 6.64. The van der Waals surface area contributed by atoms with E-state index >= 15 is 0 Å². The molecule has 1 atom stereocenters. The molecule has 150 valence electrons. The monoisotopic (exact) mass is 395 g/mol. The van der Waals surface area contributed by atoms with E-state index in [-0.39, 0.29) is 11.2 Å². The van der Waals surface area contributed by atoms with Crippen LogP contribution in [0, 0.1) is 11.2 Å². The van der Waals surface area contributed by atoms with Crippen LogP contribution in [0.1, 0.15) is 61.5 Å². The van der Waals surface area contributed by atoms with E-state index in [0.717, 1.165) is 50.6 Å². The summed E-state index contributed by atoms with van der Waals surface area (Å²) in [5.74, 6) is 3.21. The fraction of sp³-hybridized carbons (Fsp3) is 0.524. The molecule has 0 N–H and O–H groups in total. The van der Waals surface area contributed by atoms with Gasteiger partial charge in [-0.3, -0.25) is 4.90 Å². The molecule has 3 aliphatic rings. The molecule has 1 saturated heterocycles. The molecule has 0 amide bonds. The quantitative estimate of drug-likeness (QED) is 0.648. The van der Waals surface area contributed by atoms with Gasteiger partial charge >= 0.3 is 0 Å². The molecule has 3 fully saturated rings. The van der Waals surface area contributed by atoms with Gasteiger partial charge in [-0.15, -0.1) is 10.2 Å². The first-order valence-electron chi connectivity index (χ1n) is 10.3. The summed E-state index contributed by atoms with van der Waals surface area (Å²) in [6.07, 6.45) is 5.64. The number of benzene rings is 1. The molecule has 2 aromatic heterocycles. The smallest absolute Gasteiger partial charge is 0.247 e. The Kier molecular flexibility index (Phi) is 3.84. The van der Waals surface area contributed by atoms with E-state index in [1.807, 2.05) is 0 Å². The van der Waals surface area contributed by atoms with E-state index in [1.165, 1.54) is 25.0 Å². The maximum atomic E-state index is 13.4. The second-order valence-electron chi connectivity index (χ2n) is 8.67. The summed E-state index contributed by atoms with van der Waals surface area (Å²) in [5.41, 5.74) is 0.884. The molecular formula is C21H22FN5O2. The summed E-state index contributed by atoms with van der Waals surface area (Å²) in [6, 6.07) is 6.27. The zero-order chi connectivity index (χ0) is 19.4. The minimum Gasteiger partial charge on any atom is -0.420 e. The minimum absolute atomic E-state index is 0.260. The SMILES string of the molecule is Fc1cccc(-c2nnc(C3CC34CCN(Cc3nc(C5CC5)no3)CC4)o2)c1. The van der Waals surface area contributed by atoms with Crippen molar-refractivity contribution in [2.24, 2.45) is 5.41 Å². The minimum atomic E-state index is -0.303. The molecule has 6 rings (SSSR count). The second-order valence-corrected chi connectivity index (χ2v) is 8.67. The number of hydrogen-bond acceptors (Lipinski definition) is 7. The molecule has 1 spiro atoms. The number of nitrogens with zero attached hydrogens (tertiary/aromatic N) is 5. The van der Waals surface area contributed by atoms with Crippen LogP contribution in [-0.2, 0) is 6.54 Å². The van der Waals surface area contributed by atoms with Gasteiger partial charge in [0.05, 0.1) is 6.54 Å². The summed E-state index contributed by atoms with van der Waals surface area (Å²) in [5, 5.41) is 12.5. The fourth-order valence-electron chi connectivity index (χ4n) is 4.55. The van der Waals surface area contributed by atoms with Crippen molar-refractivity contribution >= 4 is 0 Å². The van der Waals surface area contributed by atoms with Gasteiger partial charge in [0.2, 0.25) is 17.7 Å². The van der Waals surface area contributed by atoms with Gasteiger partial charge in [-0.05, 0) is 68.8 Å². The Morgan fingerprint density at radius 2 is 2.03 bits per heavy atom. The van der Waals surface area contributed by atoms with Crippen molar-refractivity contribution < 1.29 is 13.3 Å². The number of piperidine rings is 1. The van der Waals surface area contributed by atoms with Gasteiger partial charge in [-0.2, -0.15) is 4.98 Å². The van der Waals surface area contributed by atoms with Crippen LogP contribution in [-0.4, -0.2) is 38.3 Å². The van der Waals surface area contributed by atoms with Crippen LogP contribution in [0.2, 0.25) is 0 Å². The highest BCUT2D eigenvalue weighted by Crippen LogP contribution is 2.64. The molecule has 2 saturated carbocycles. The largest absolute Gasteiger partial charge is 0.420 e. The number of rotatable bonds is 5. The van der Waals surface area contributed by atoms with Crippen LogP contribution in [0.5, 0.6) is 0 Å². The first kappa shape index (κ1) is 17.3. The van der Waals surface area contributed by atoms with Gasteiger partial charge in [-0.25, -0.2) is 4.39 Å². The Morgan fingerprint density at radius 3 is 2.83 bits per heavy atom. The lowest BCUT2D eigenvalue weighted by Gasteiger charge is -2.31. The third kappa shape index (κ3) is 3.25. The molecule has 29 heavy (non-hydrogen) atoms. The number of hydrogen-bond donors (Lipinski definition) is 0. The van der Waals surface area contributed by atoms with Gasteiger partial charge in [0.25, 0.3) is 0 Å². The Morgan fingerprint density at radius 1 is 1.17 bits per heavy atom. The lowest BCUT2D eigenvalue weighted by atomic mass is 9.91. The highest BCUT2D eigenvalue weighted by molar-refractivity contribution is 5.52. The van der Waals surface area contributed by atoms with E-state index in [9.17, 15) is 4.39 Å². The molecule has 0 bridgehead atoms. The molecular weight excluding hydrogens is 373 g/mol. The molecule has 2 aliphatic carbocycles. The average molecular weight is 395 g/mol. The zero-order valence-corrected chi connectivity index (χ0v) is 16.1. The Bertz CT molecular complexity index is 1040. The van der Waals surface area contributed by atoms with Crippen molar-refractivity contribution in [1.82, 2.24) is 25.2 Å².